The van der Waals surface area contributed by atoms with Crippen molar-refractivity contribution in [1.29, 1.82) is 0 Å². The summed E-state index contributed by atoms with van der Waals surface area (Å²) in [7, 11) is 0. The largest absolute Gasteiger partial charge is 2.00 e. The van der Waals surface area contributed by atoms with Gasteiger partial charge in [0, 0.05) is 0 Å². The second kappa shape index (κ2) is 16.4. The summed E-state index contributed by atoms with van der Waals surface area (Å²) in [6.45, 7) is 0. The van der Waals surface area contributed by atoms with E-state index in [0.717, 1.165) is 0 Å². The predicted octanol–water partition coefficient (Wildman–Crippen LogP) is -9.37. The van der Waals surface area contributed by atoms with Crippen molar-refractivity contribution in [2.45, 2.75) is 0 Å². The molecule has 4 heavy (non-hydrogen) atoms. The van der Waals surface area contributed by atoms with Gasteiger partial charge in [0.25, 0.3) is 0 Å². The van der Waals surface area contributed by atoms with Gasteiger partial charge in [0.1, 0.15) is 0 Å². The number of hydrogen-bond donors (Lipinski definition) is 0. The van der Waals surface area contributed by atoms with Crippen LogP contribution < -0.4 is 83.0 Å². The van der Waals surface area contributed by atoms with Crippen molar-refractivity contribution >= 4 is 23.1 Å². The zero-order valence-electron chi connectivity index (χ0n) is 2.46. The van der Waals surface area contributed by atoms with Crippen LogP contribution in [0.15, 0.2) is 0 Å². The molecule has 0 heterocycles. The van der Waals surface area contributed by atoms with E-state index in [1.165, 1.54) is 0 Å². The molecule has 0 atom stereocenters. The van der Waals surface area contributed by atoms with Crippen LogP contribution in [-0.2, 0) is 0 Å². The Hall–Kier alpha value is 3.15. The van der Waals surface area contributed by atoms with Gasteiger partial charge in [-0.2, -0.15) is 0 Å². The third kappa shape index (κ3) is 8.94. The zero-order valence-corrected chi connectivity index (χ0v) is 10.3. The molecule has 0 aromatic heterocycles. The normalized spacial score (nSPS) is 0. The average Bonchev–Trinajstić information content (AvgIpc) is 0. The first-order valence-electron chi connectivity index (χ1n) is 0. The molecule has 0 unspecified atom stereocenters. The number of halogens is 2. The third-order valence-electron chi connectivity index (χ3n) is 0. The topological polar surface area (TPSA) is 0 Å². The van der Waals surface area contributed by atoms with Crippen LogP contribution in [0.25, 0.3) is 0 Å². The Bertz CT molecular complexity index is 6.00. The van der Waals surface area contributed by atoms with E-state index in [1.54, 1.807) is 0 Å². The Morgan fingerprint density at radius 2 is 0.750 bits per heavy atom. The first kappa shape index (κ1) is 27.2. The van der Waals surface area contributed by atoms with Crippen LogP contribution in [0.4, 0.5) is 0 Å². The van der Waals surface area contributed by atoms with Crippen molar-refractivity contribution in [3.63, 3.8) is 0 Å². The molecule has 16 valence electrons. The van der Waals surface area contributed by atoms with Gasteiger partial charge in [-0.05, 0) is 0 Å². The van der Waals surface area contributed by atoms with Gasteiger partial charge in [0.2, 0.25) is 0 Å². The van der Waals surface area contributed by atoms with Crippen molar-refractivity contribution < 1.29 is 83.0 Å². The van der Waals surface area contributed by atoms with E-state index in [0.29, 0.717) is 0 Å². The van der Waals surface area contributed by atoms with Gasteiger partial charge in [-0.1, -0.05) is 0 Å². The molecule has 0 nitrogen and oxygen atoms in total. The maximum Gasteiger partial charge on any atom is 2.00 e. The van der Waals surface area contributed by atoms with Crippen LogP contribution in [-0.4, -0.2) is 23.1 Å². The summed E-state index contributed by atoms with van der Waals surface area (Å²) in [6, 6.07) is 0. The number of rotatable bonds is 0. The molecule has 0 aliphatic rings. The predicted molar refractivity (Wildman–Crippen MR) is 5.75 cm³/mol. The molecule has 0 aromatic rings. The average molecular weight is 181 g/mol. The SMILES string of the molecule is [Cl-].[Cl-].[Mg+2].[Rb+]. The van der Waals surface area contributed by atoms with Crippen LogP contribution in [0.5, 0.6) is 0 Å². The van der Waals surface area contributed by atoms with E-state index in [1.807, 2.05) is 0 Å². The summed E-state index contributed by atoms with van der Waals surface area (Å²) in [5, 5.41) is 0. The Kier molecular flexibility index (Phi) is 112. The van der Waals surface area contributed by atoms with Gasteiger partial charge in [-0.3, -0.25) is 0 Å². The molecule has 0 aliphatic carbocycles. The quantitative estimate of drug-likeness (QED) is 0.325. The first-order valence-corrected chi connectivity index (χ1v) is 0. The minimum absolute atomic E-state index is 0. The van der Waals surface area contributed by atoms with E-state index in [9.17, 15) is 0 Å². The first-order chi connectivity index (χ1) is 0. The van der Waals surface area contributed by atoms with Crippen molar-refractivity contribution in [3.8, 4) is 0 Å². The maximum atomic E-state index is 0. The zero-order chi connectivity index (χ0) is 0. The fraction of sp³-hybridized carbons (Fsp3) is 0. The molecule has 0 amide bonds. The van der Waals surface area contributed by atoms with Crippen molar-refractivity contribution in [2.75, 3.05) is 0 Å². The van der Waals surface area contributed by atoms with Crippen LogP contribution in [0.2, 0.25) is 0 Å². The molecular weight excluding hydrogens is 181 g/mol. The van der Waals surface area contributed by atoms with E-state index >= 15 is 0 Å². The molecule has 0 saturated heterocycles. The Balaban J connectivity index is 0. The number of hydrogen-bond acceptors (Lipinski definition) is 0. The molecule has 0 aliphatic heterocycles. The molecule has 0 rings (SSSR count). The summed E-state index contributed by atoms with van der Waals surface area (Å²) in [5.74, 6) is 0. The minimum atomic E-state index is 0. The molecular formula is Cl2MgRb+. The van der Waals surface area contributed by atoms with E-state index in [2.05, 4.69) is 0 Å². The second-order valence-corrected chi connectivity index (χ2v) is 0. The van der Waals surface area contributed by atoms with Crippen LogP contribution in [0, 0.1) is 0 Å². The van der Waals surface area contributed by atoms with E-state index < -0.39 is 0 Å². The fourth-order valence-electron chi connectivity index (χ4n) is 0. The summed E-state index contributed by atoms with van der Waals surface area (Å²) >= 11 is 0. The van der Waals surface area contributed by atoms with Gasteiger partial charge in [0.15, 0.2) is 0 Å². The molecule has 0 N–H and O–H groups in total. The fourth-order valence-corrected chi connectivity index (χ4v) is 0. The third-order valence-corrected chi connectivity index (χ3v) is 0. The maximum absolute atomic E-state index is 0. The van der Waals surface area contributed by atoms with E-state index in [-0.39, 0.29) is 106 Å². The summed E-state index contributed by atoms with van der Waals surface area (Å²) in [5.41, 5.74) is 0. The van der Waals surface area contributed by atoms with Crippen molar-refractivity contribution in [3.05, 3.63) is 0 Å². The Morgan fingerprint density at radius 1 is 0.750 bits per heavy atom. The summed E-state index contributed by atoms with van der Waals surface area (Å²) < 4.78 is 0. The van der Waals surface area contributed by atoms with Crippen molar-refractivity contribution in [1.82, 2.24) is 0 Å². The molecule has 0 spiro atoms. The molecule has 0 radical (unpaired) electrons. The van der Waals surface area contributed by atoms with Gasteiger partial charge in [-0.25, -0.2) is 0 Å². The minimum Gasteiger partial charge on any atom is -1.00 e. The monoisotopic (exact) mass is 179 g/mol. The van der Waals surface area contributed by atoms with Gasteiger partial charge in [0.05, 0.1) is 0 Å². The van der Waals surface area contributed by atoms with Crippen LogP contribution in [0.3, 0.4) is 0 Å². The Morgan fingerprint density at radius 3 is 0.750 bits per heavy atom. The van der Waals surface area contributed by atoms with Gasteiger partial charge < -0.3 is 24.8 Å². The second-order valence-electron chi connectivity index (χ2n) is 0. The molecule has 0 aromatic carbocycles. The summed E-state index contributed by atoms with van der Waals surface area (Å²) in [6.07, 6.45) is 0. The van der Waals surface area contributed by atoms with Gasteiger partial charge in [-0.15, -0.1) is 0 Å². The molecule has 0 bridgehead atoms. The smallest absolute Gasteiger partial charge is 1.00 e. The standard InChI is InChI=1S/2ClH.Mg.Rb/h2*1H;;/q;;+2;+1/p-2. The molecule has 0 fully saturated rings. The van der Waals surface area contributed by atoms with E-state index in [4.69, 9.17) is 0 Å². The van der Waals surface area contributed by atoms with Crippen molar-refractivity contribution in [2.24, 2.45) is 0 Å². The molecule has 0 saturated carbocycles. The van der Waals surface area contributed by atoms with Crippen LogP contribution >= 0.6 is 0 Å². The Labute approximate surface area is 103 Å². The molecule has 4 heteroatoms. The van der Waals surface area contributed by atoms with Gasteiger partial charge >= 0.3 is 81.2 Å². The summed E-state index contributed by atoms with van der Waals surface area (Å²) in [4.78, 5) is 0. The van der Waals surface area contributed by atoms with Crippen LogP contribution in [0.1, 0.15) is 0 Å².